The van der Waals surface area contributed by atoms with Crippen LogP contribution in [-0.2, 0) is 16.0 Å². The summed E-state index contributed by atoms with van der Waals surface area (Å²) in [5.41, 5.74) is 4.18. The number of alkyl halides is 2. The van der Waals surface area contributed by atoms with E-state index in [1.165, 1.54) is 5.01 Å². The van der Waals surface area contributed by atoms with Gasteiger partial charge < -0.3 is 10.3 Å². The highest BCUT2D eigenvalue weighted by Gasteiger charge is 2.43. The molecular weight excluding hydrogens is 318 g/mol. The Morgan fingerprint density at radius 2 is 2.12 bits per heavy atom. The Hall–Kier alpha value is -2.48. The molecule has 0 bridgehead atoms. The van der Waals surface area contributed by atoms with E-state index >= 15 is 0 Å². The number of carbonyl (C=O) groups excluding carboxylic acids is 2. The standard InChI is InChI=1S/C16H18F2N4O2/c1-9-11(10-5-3-4-6-12(10)19-9)7-16(17,18)15(24)20-13-8-22(2)21-14(13)23/h3-6,13,19H,7-8H2,1-2H3,(H,20,24)(H,21,23). The van der Waals surface area contributed by atoms with E-state index in [9.17, 15) is 18.4 Å². The summed E-state index contributed by atoms with van der Waals surface area (Å²) in [7, 11) is 1.59. The number of hydrogen-bond donors (Lipinski definition) is 3. The van der Waals surface area contributed by atoms with E-state index in [0.29, 0.717) is 16.6 Å². The average Bonchev–Trinajstić information content (AvgIpc) is 2.98. The lowest BCUT2D eigenvalue weighted by molar-refractivity contribution is -0.147. The van der Waals surface area contributed by atoms with Crippen LogP contribution in [0.15, 0.2) is 24.3 Å². The minimum absolute atomic E-state index is 0.146. The van der Waals surface area contributed by atoms with E-state index in [1.807, 2.05) is 6.07 Å². The maximum absolute atomic E-state index is 14.4. The van der Waals surface area contributed by atoms with Gasteiger partial charge in [0.05, 0.1) is 0 Å². The van der Waals surface area contributed by atoms with Crippen LogP contribution in [0.1, 0.15) is 11.3 Å². The number of nitrogens with one attached hydrogen (secondary N) is 3. The summed E-state index contributed by atoms with van der Waals surface area (Å²) >= 11 is 0. The summed E-state index contributed by atoms with van der Waals surface area (Å²) in [6.45, 7) is 1.84. The molecule has 1 aromatic heterocycles. The lowest BCUT2D eigenvalue weighted by Crippen LogP contribution is -2.49. The number of nitrogens with zero attached hydrogens (tertiary/aromatic N) is 1. The van der Waals surface area contributed by atoms with E-state index in [2.05, 4.69) is 15.7 Å². The van der Waals surface area contributed by atoms with Crippen LogP contribution in [-0.4, -0.2) is 47.4 Å². The number of amides is 2. The van der Waals surface area contributed by atoms with E-state index in [1.54, 1.807) is 32.2 Å². The van der Waals surface area contributed by atoms with Crippen molar-refractivity contribution in [2.24, 2.45) is 0 Å². The van der Waals surface area contributed by atoms with Crippen molar-refractivity contribution in [1.82, 2.24) is 20.7 Å². The molecule has 1 atom stereocenters. The third-order valence-corrected chi connectivity index (χ3v) is 4.14. The smallest absolute Gasteiger partial charge is 0.328 e. The molecular formula is C16H18F2N4O2. The molecule has 1 aromatic carbocycles. The van der Waals surface area contributed by atoms with Crippen molar-refractivity contribution in [2.75, 3.05) is 13.6 Å². The fourth-order valence-electron chi connectivity index (χ4n) is 2.91. The number of H-pyrrole nitrogens is 1. The van der Waals surface area contributed by atoms with Crippen LogP contribution >= 0.6 is 0 Å². The van der Waals surface area contributed by atoms with Crippen molar-refractivity contribution >= 4 is 22.7 Å². The Balaban J connectivity index is 1.78. The molecule has 128 valence electrons. The largest absolute Gasteiger partial charge is 0.358 e. The number of fused-ring (bicyclic) bond motifs is 1. The predicted molar refractivity (Wildman–Crippen MR) is 84.4 cm³/mol. The molecule has 1 unspecified atom stereocenters. The van der Waals surface area contributed by atoms with Gasteiger partial charge in [-0.25, -0.2) is 5.01 Å². The topological polar surface area (TPSA) is 77.2 Å². The second-order valence-corrected chi connectivity index (χ2v) is 6.04. The molecule has 1 fully saturated rings. The SMILES string of the molecule is Cc1[nH]c2ccccc2c1CC(F)(F)C(=O)NC1CN(C)NC1=O. The van der Waals surface area contributed by atoms with E-state index in [0.717, 1.165) is 5.52 Å². The normalized spacial score (nSPS) is 18.8. The number of hydrazine groups is 1. The first-order valence-corrected chi connectivity index (χ1v) is 7.54. The Kier molecular flexibility index (Phi) is 4.00. The van der Waals surface area contributed by atoms with Crippen LogP contribution in [0.4, 0.5) is 8.78 Å². The summed E-state index contributed by atoms with van der Waals surface area (Å²) in [5.74, 6) is -5.55. The van der Waals surface area contributed by atoms with Gasteiger partial charge in [0.25, 0.3) is 11.8 Å². The molecule has 2 amide bonds. The van der Waals surface area contributed by atoms with Crippen LogP contribution in [0.3, 0.4) is 0 Å². The minimum Gasteiger partial charge on any atom is -0.358 e. The number of likely N-dealkylation sites (N-methyl/N-ethyl adjacent to an activating group) is 1. The van der Waals surface area contributed by atoms with E-state index in [4.69, 9.17) is 0 Å². The number of carbonyl (C=O) groups is 2. The number of benzene rings is 1. The van der Waals surface area contributed by atoms with Crippen LogP contribution in [0.5, 0.6) is 0 Å². The minimum atomic E-state index is -3.61. The lowest BCUT2D eigenvalue weighted by Gasteiger charge is -2.18. The molecule has 0 aliphatic carbocycles. The van der Waals surface area contributed by atoms with Crippen LogP contribution in [0, 0.1) is 6.92 Å². The highest BCUT2D eigenvalue weighted by molar-refractivity contribution is 5.92. The first kappa shape index (κ1) is 16.4. The molecule has 3 rings (SSSR count). The second kappa shape index (κ2) is 5.86. The van der Waals surface area contributed by atoms with Gasteiger partial charge in [-0.05, 0) is 18.6 Å². The van der Waals surface area contributed by atoms with Gasteiger partial charge in [0.2, 0.25) is 0 Å². The van der Waals surface area contributed by atoms with Crippen molar-refractivity contribution in [3.05, 3.63) is 35.5 Å². The Labute approximate surface area is 137 Å². The second-order valence-electron chi connectivity index (χ2n) is 6.04. The number of aryl methyl sites for hydroxylation is 1. The van der Waals surface area contributed by atoms with Gasteiger partial charge in [0.1, 0.15) is 6.04 Å². The first-order valence-electron chi connectivity index (χ1n) is 7.54. The zero-order valence-electron chi connectivity index (χ0n) is 13.3. The Morgan fingerprint density at radius 1 is 1.42 bits per heavy atom. The Morgan fingerprint density at radius 3 is 2.79 bits per heavy atom. The maximum atomic E-state index is 14.4. The molecule has 1 aliphatic rings. The van der Waals surface area contributed by atoms with Crippen molar-refractivity contribution in [2.45, 2.75) is 25.3 Å². The summed E-state index contributed by atoms with van der Waals surface area (Å²) in [6, 6.07) is 6.13. The summed E-state index contributed by atoms with van der Waals surface area (Å²) < 4.78 is 28.8. The molecule has 0 saturated carbocycles. The summed E-state index contributed by atoms with van der Waals surface area (Å²) in [6.07, 6.45) is -0.723. The average molecular weight is 336 g/mol. The highest BCUT2D eigenvalue weighted by Crippen LogP contribution is 2.29. The lowest BCUT2D eigenvalue weighted by atomic mass is 10.0. The Bertz CT molecular complexity index is 802. The first-order chi connectivity index (χ1) is 11.3. The van der Waals surface area contributed by atoms with Gasteiger partial charge >= 0.3 is 5.92 Å². The van der Waals surface area contributed by atoms with Gasteiger partial charge in [0.15, 0.2) is 0 Å². The van der Waals surface area contributed by atoms with E-state index in [-0.39, 0.29) is 6.54 Å². The summed E-state index contributed by atoms with van der Waals surface area (Å²) in [5, 5.41) is 4.23. The van der Waals surface area contributed by atoms with Gasteiger partial charge in [-0.15, -0.1) is 0 Å². The number of aromatic nitrogens is 1. The van der Waals surface area contributed by atoms with Gasteiger partial charge in [-0.2, -0.15) is 8.78 Å². The summed E-state index contributed by atoms with van der Waals surface area (Å²) in [4.78, 5) is 26.6. The number of para-hydroxylation sites is 1. The molecule has 1 aliphatic heterocycles. The zero-order valence-corrected chi connectivity index (χ0v) is 13.3. The van der Waals surface area contributed by atoms with Gasteiger partial charge in [-0.3, -0.25) is 15.0 Å². The van der Waals surface area contributed by atoms with Crippen LogP contribution in [0.25, 0.3) is 10.9 Å². The number of halogens is 2. The highest BCUT2D eigenvalue weighted by atomic mass is 19.3. The van der Waals surface area contributed by atoms with E-state index < -0.39 is 30.2 Å². The maximum Gasteiger partial charge on any atom is 0.328 e. The predicted octanol–water partition coefficient (Wildman–Crippen LogP) is 1.12. The molecule has 24 heavy (non-hydrogen) atoms. The molecule has 8 heteroatoms. The van der Waals surface area contributed by atoms with Crippen molar-refractivity contribution in [1.29, 1.82) is 0 Å². The third kappa shape index (κ3) is 2.96. The van der Waals surface area contributed by atoms with Gasteiger partial charge in [-0.1, -0.05) is 18.2 Å². The zero-order chi connectivity index (χ0) is 17.5. The molecule has 1 saturated heterocycles. The number of aromatic amines is 1. The molecule has 6 nitrogen and oxygen atoms in total. The number of rotatable bonds is 4. The van der Waals surface area contributed by atoms with Gasteiger partial charge in [0, 0.05) is 36.6 Å². The van der Waals surface area contributed by atoms with Crippen molar-refractivity contribution < 1.29 is 18.4 Å². The molecule has 0 radical (unpaired) electrons. The molecule has 0 spiro atoms. The molecule has 2 aromatic rings. The van der Waals surface area contributed by atoms with Crippen LogP contribution in [0.2, 0.25) is 0 Å². The fraction of sp³-hybridized carbons (Fsp3) is 0.375. The van der Waals surface area contributed by atoms with Crippen LogP contribution < -0.4 is 10.7 Å². The third-order valence-electron chi connectivity index (χ3n) is 4.14. The monoisotopic (exact) mass is 336 g/mol. The van der Waals surface area contributed by atoms with Crippen molar-refractivity contribution in [3.8, 4) is 0 Å². The molecule has 3 N–H and O–H groups in total. The number of hydrogen-bond acceptors (Lipinski definition) is 3. The fourth-order valence-corrected chi connectivity index (χ4v) is 2.91. The molecule has 2 heterocycles. The quantitative estimate of drug-likeness (QED) is 0.783. The van der Waals surface area contributed by atoms with Crippen molar-refractivity contribution in [3.63, 3.8) is 0 Å².